The number of aryl methyl sites for hydroxylation is 2. The van der Waals surface area contributed by atoms with Crippen LogP contribution < -0.4 is 0 Å². The molecule has 124 valence electrons. The average molecular weight is 340 g/mol. The van der Waals surface area contributed by atoms with Gasteiger partial charge in [-0.15, -0.1) is 12.4 Å². The van der Waals surface area contributed by atoms with Crippen molar-refractivity contribution in [1.29, 1.82) is 0 Å². The summed E-state index contributed by atoms with van der Waals surface area (Å²) in [4.78, 5) is 4.02. The van der Waals surface area contributed by atoms with Crippen molar-refractivity contribution in [1.82, 2.24) is 14.8 Å². The molecule has 0 saturated carbocycles. The first kappa shape index (κ1) is 18.0. The molecular weight excluding hydrogens is 318 g/mol. The third-order valence-electron chi connectivity index (χ3n) is 4.04. The van der Waals surface area contributed by atoms with Gasteiger partial charge in [0.05, 0.1) is 0 Å². The maximum Gasteiger partial charge on any atom is 0.138 e. The van der Waals surface area contributed by atoms with E-state index in [1.165, 1.54) is 22.3 Å². The lowest BCUT2D eigenvalue weighted by Gasteiger charge is -2.10. The maximum absolute atomic E-state index is 4.20. The van der Waals surface area contributed by atoms with E-state index in [-0.39, 0.29) is 12.4 Å². The van der Waals surface area contributed by atoms with Crippen molar-refractivity contribution < 1.29 is 0 Å². The normalized spacial score (nSPS) is 10.1. The molecule has 0 radical (unpaired) electrons. The van der Waals surface area contributed by atoms with Crippen molar-refractivity contribution >= 4 is 24.2 Å². The third-order valence-corrected chi connectivity index (χ3v) is 4.04. The fraction of sp³-hybridized carbons (Fsp3) is 0.200. The molecule has 4 heteroatoms. The second kappa shape index (κ2) is 8.46. The van der Waals surface area contributed by atoms with Crippen LogP contribution in [0.1, 0.15) is 36.1 Å². The van der Waals surface area contributed by atoms with Gasteiger partial charge >= 0.3 is 0 Å². The number of rotatable bonds is 5. The number of hydrogen-bond donors (Lipinski definition) is 0. The quantitative estimate of drug-likeness (QED) is 0.663. The minimum Gasteiger partial charge on any atom is -0.228 e. The van der Waals surface area contributed by atoms with Crippen molar-refractivity contribution in [3.05, 3.63) is 83.4 Å². The Morgan fingerprint density at radius 3 is 1.75 bits per heavy atom. The molecule has 0 bridgehead atoms. The smallest absolute Gasteiger partial charge is 0.138 e. The van der Waals surface area contributed by atoms with Gasteiger partial charge in [-0.2, -0.15) is 5.10 Å². The van der Waals surface area contributed by atoms with E-state index in [9.17, 15) is 0 Å². The summed E-state index contributed by atoms with van der Waals surface area (Å²) in [5.74, 6) is 0. The molecule has 2 aromatic carbocycles. The van der Waals surface area contributed by atoms with Crippen LogP contribution in [-0.2, 0) is 12.8 Å². The summed E-state index contributed by atoms with van der Waals surface area (Å²) in [5.41, 5.74) is 6.19. The molecule has 0 N–H and O–H groups in total. The standard InChI is InChI=1S/C20H21N3.ClH/c1-3-16-5-9-18(10-6-16)20(13-23-15-21-14-22-23)19-11-7-17(4-2)8-12-19;/h5-15H,3-4H2,1-2H3;1H. The van der Waals surface area contributed by atoms with E-state index < -0.39 is 0 Å². The molecule has 0 fully saturated rings. The highest BCUT2D eigenvalue weighted by Crippen LogP contribution is 2.25. The van der Waals surface area contributed by atoms with Gasteiger partial charge in [-0.3, -0.25) is 0 Å². The molecule has 0 amide bonds. The molecule has 0 aliphatic carbocycles. The Hall–Kier alpha value is -2.39. The first-order chi connectivity index (χ1) is 11.3. The molecule has 0 unspecified atom stereocenters. The monoisotopic (exact) mass is 339 g/mol. The van der Waals surface area contributed by atoms with E-state index >= 15 is 0 Å². The summed E-state index contributed by atoms with van der Waals surface area (Å²) < 4.78 is 1.75. The van der Waals surface area contributed by atoms with Crippen molar-refractivity contribution in [2.75, 3.05) is 0 Å². The van der Waals surface area contributed by atoms with Gasteiger partial charge in [-0.25, -0.2) is 9.67 Å². The van der Waals surface area contributed by atoms with Gasteiger partial charge in [0.25, 0.3) is 0 Å². The van der Waals surface area contributed by atoms with Gasteiger partial charge in [0.15, 0.2) is 0 Å². The molecule has 1 heterocycles. The van der Waals surface area contributed by atoms with E-state index in [1.807, 2.05) is 6.20 Å². The summed E-state index contributed by atoms with van der Waals surface area (Å²) in [6.45, 7) is 4.34. The second-order valence-electron chi connectivity index (χ2n) is 5.52. The Morgan fingerprint density at radius 2 is 1.38 bits per heavy atom. The highest BCUT2D eigenvalue weighted by atomic mass is 35.5. The molecule has 3 aromatic rings. The Balaban J connectivity index is 0.00000208. The minimum absolute atomic E-state index is 0. The van der Waals surface area contributed by atoms with Crippen LogP contribution in [0.15, 0.2) is 61.2 Å². The zero-order chi connectivity index (χ0) is 16.1. The van der Waals surface area contributed by atoms with Crippen LogP contribution >= 0.6 is 12.4 Å². The highest BCUT2D eigenvalue weighted by Gasteiger charge is 2.06. The van der Waals surface area contributed by atoms with E-state index in [4.69, 9.17) is 0 Å². The third kappa shape index (κ3) is 4.12. The lowest BCUT2D eigenvalue weighted by atomic mass is 9.96. The van der Waals surface area contributed by atoms with Crippen molar-refractivity contribution in [2.45, 2.75) is 26.7 Å². The Kier molecular flexibility index (Phi) is 6.33. The Morgan fingerprint density at radius 1 is 0.875 bits per heavy atom. The van der Waals surface area contributed by atoms with Crippen LogP contribution in [0.4, 0.5) is 0 Å². The topological polar surface area (TPSA) is 30.7 Å². The van der Waals surface area contributed by atoms with Crippen molar-refractivity contribution in [3.63, 3.8) is 0 Å². The summed E-state index contributed by atoms with van der Waals surface area (Å²) in [5, 5.41) is 4.20. The fourth-order valence-electron chi connectivity index (χ4n) is 2.57. The summed E-state index contributed by atoms with van der Waals surface area (Å²) in [7, 11) is 0. The lowest BCUT2D eigenvalue weighted by molar-refractivity contribution is 0.934. The average Bonchev–Trinajstić information content (AvgIpc) is 3.13. The Bertz CT molecular complexity index is 723. The van der Waals surface area contributed by atoms with Gasteiger partial charge in [0, 0.05) is 11.8 Å². The summed E-state index contributed by atoms with van der Waals surface area (Å²) in [6.07, 6.45) is 7.38. The van der Waals surface area contributed by atoms with Gasteiger partial charge in [-0.05, 0) is 35.1 Å². The summed E-state index contributed by atoms with van der Waals surface area (Å²) >= 11 is 0. The maximum atomic E-state index is 4.20. The zero-order valence-electron chi connectivity index (χ0n) is 14.0. The summed E-state index contributed by atoms with van der Waals surface area (Å²) in [6, 6.07) is 17.4. The molecule has 3 nitrogen and oxygen atoms in total. The molecule has 1 aromatic heterocycles. The predicted octanol–water partition coefficient (Wildman–Crippen LogP) is 4.87. The van der Waals surface area contributed by atoms with Crippen LogP contribution in [0.2, 0.25) is 0 Å². The molecule has 24 heavy (non-hydrogen) atoms. The van der Waals surface area contributed by atoms with Crippen LogP contribution in [0.25, 0.3) is 11.8 Å². The first-order valence-corrected chi connectivity index (χ1v) is 8.04. The number of hydrogen-bond acceptors (Lipinski definition) is 2. The van der Waals surface area contributed by atoms with Crippen molar-refractivity contribution in [3.8, 4) is 0 Å². The molecule has 0 spiro atoms. The predicted molar refractivity (Wildman–Crippen MR) is 102 cm³/mol. The van der Waals surface area contributed by atoms with Crippen molar-refractivity contribution in [2.24, 2.45) is 0 Å². The number of halogens is 1. The van der Waals surface area contributed by atoms with E-state index in [1.54, 1.807) is 17.3 Å². The number of aromatic nitrogens is 3. The lowest BCUT2D eigenvalue weighted by Crippen LogP contribution is -1.94. The first-order valence-electron chi connectivity index (χ1n) is 8.04. The van der Waals surface area contributed by atoms with Crippen LogP contribution in [-0.4, -0.2) is 14.8 Å². The zero-order valence-corrected chi connectivity index (χ0v) is 14.8. The second-order valence-corrected chi connectivity index (χ2v) is 5.52. The van der Waals surface area contributed by atoms with Crippen LogP contribution in [0.3, 0.4) is 0 Å². The molecule has 3 rings (SSSR count). The van der Waals surface area contributed by atoms with E-state index in [0.717, 1.165) is 18.4 Å². The van der Waals surface area contributed by atoms with Crippen LogP contribution in [0, 0.1) is 0 Å². The SMILES string of the molecule is CCc1ccc(C(=Cn2cncn2)c2ccc(CC)cc2)cc1.Cl. The molecule has 0 aliphatic heterocycles. The van der Waals surface area contributed by atoms with Gasteiger partial charge < -0.3 is 0 Å². The molecule has 0 atom stereocenters. The molecular formula is C20H22ClN3. The van der Waals surface area contributed by atoms with E-state index in [0.29, 0.717) is 0 Å². The number of nitrogens with zero attached hydrogens (tertiary/aromatic N) is 3. The fourth-order valence-corrected chi connectivity index (χ4v) is 2.57. The van der Waals surface area contributed by atoms with Gasteiger partial charge in [0.2, 0.25) is 0 Å². The van der Waals surface area contributed by atoms with Crippen LogP contribution in [0.5, 0.6) is 0 Å². The molecule has 0 saturated heterocycles. The molecule has 0 aliphatic rings. The highest BCUT2D eigenvalue weighted by molar-refractivity contribution is 5.87. The van der Waals surface area contributed by atoms with E-state index in [2.05, 4.69) is 72.5 Å². The minimum atomic E-state index is 0. The van der Waals surface area contributed by atoms with Gasteiger partial charge in [0.1, 0.15) is 12.7 Å². The Labute approximate surface area is 149 Å². The largest absolute Gasteiger partial charge is 0.228 e. The van der Waals surface area contributed by atoms with Gasteiger partial charge in [-0.1, -0.05) is 62.4 Å². The number of benzene rings is 2.